The minimum absolute atomic E-state index is 0.206. The molecule has 5 heteroatoms. The van der Waals surface area contributed by atoms with Gasteiger partial charge in [-0.15, -0.1) is 0 Å². The Kier molecular flexibility index (Phi) is 3.49. The number of sulfonamides is 1. The number of rotatable bonds is 3. The van der Waals surface area contributed by atoms with Gasteiger partial charge in [-0.05, 0) is 43.0 Å². The summed E-state index contributed by atoms with van der Waals surface area (Å²) in [5, 5.41) is 0. The summed E-state index contributed by atoms with van der Waals surface area (Å²) in [5.74, 6) is -0.340. The maximum atomic E-state index is 13.3. The fraction of sp³-hybridized carbons (Fsp3) is 0.500. The fourth-order valence-electron chi connectivity index (χ4n) is 2.06. The van der Waals surface area contributed by atoms with Crippen LogP contribution < -0.4 is 0 Å². The van der Waals surface area contributed by atoms with Gasteiger partial charge >= 0.3 is 0 Å². The van der Waals surface area contributed by atoms with Gasteiger partial charge in [-0.25, -0.2) is 12.8 Å². The zero-order valence-electron chi connectivity index (χ0n) is 9.82. The molecule has 94 valence electrons. The molecule has 1 saturated heterocycles. The highest BCUT2D eigenvalue weighted by Gasteiger charge is 2.27. The average Bonchev–Trinajstić information content (AvgIpc) is 2.83. The molecule has 0 radical (unpaired) electrons. The Morgan fingerprint density at radius 3 is 2.53 bits per heavy atom. The first-order valence-electron chi connectivity index (χ1n) is 5.84. The second-order valence-electron chi connectivity index (χ2n) is 4.22. The largest absolute Gasteiger partial charge is 0.243 e. The zero-order valence-corrected chi connectivity index (χ0v) is 10.6. The maximum Gasteiger partial charge on any atom is 0.243 e. The lowest BCUT2D eigenvalue weighted by molar-refractivity contribution is 0.477. The molecule has 17 heavy (non-hydrogen) atoms. The van der Waals surface area contributed by atoms with Gasteiger partial charge in [-0.1, -0.05) is 6.92 Å². The lowest BCUT2D eigenvalue weighted by Crippen LogP contribution is -2.27. The van der Waals surface area contributed by atoms with Crippen molar-refractivity contribution in [3.8, 4) is 0 Å². The van der Waals surface area contributed by atoms with E-state index in [9.17, 15) is 12.8 Å². The van der Waals surface area contributed by atoms with Gasteiger partial charge < -0.3 is 0 Å². The standard InChI is InChI=1S/C12H16FNO2S/c1-2-10-9-11(5-6-12(10)13)17(15,16)14-7-3-4-8-14/h5-6,9H,2-4,7-8H2,1H3. The van der Waals surface area contributed by atoms with Crippen molar-refractivity contribution in [3.05, 3.63) is 29.6 Å². The second kappa shape index (κ2) is 4.74. The minimum Gasteiger partial charge on any atom is -0.207 e. The van der Waals surface area contributed by atoms with Crippen molar-refractivity contribution in [1.82, 2.24) is 4.31 Å². The number of hydrogen-bond acceptors (Lipinski definition) is 2. The molecule has 0 unspecified atom stereocenters. The predicted molar refractivity (Wildman–Crippen MR) is 63.8 cm³/mol. The van der Waals surface area contributed by atoms with E-state index in [1.165, 1.54) is 22.5 Å². The van der Waals surface area contributed by atoms with Crippen molar-refractivity contribution in [2.75, 3.05) is 13.1 Å². The lowest BCUT2D eigenvalue weighted by Gasteiger charge is -2.16. The first-order valence-corrected chi connectivity index (χ1v) is 7.28. The van der Waals surface area contributed by atoms with Crippen LogP contribution in [0.1, 0.15) is 25.3 Å². The van der Waals surface area contributed by atoms with Crippen LogP contribution in [-0.4, -0.2) is 25.8 Å². The van der Waals surface area contributed by atoms with Crippen molar-refractivity contribution in [1.29, 1.82) is 0 Å². The smallest absolute Gasteiger partial charge is 0.207 e. The average molecular weight is 257 g/mol. The van der Waals surface area contributed by atoms with E-state index in [4.69, 9.17) is 0 Å². The van der Waals surface area contributed by atoms with E-state index in [2.05, 4.69) is 0 Å². The van der Waals surface area contributed by atoms with Crippen LogP contribution in [0.4, 0.5) is 4.39 Å². The Morgan fingerprint density at radius 2 is 1.94 bits per heavy atom. The van der Waals surface area contributed by atoms with Crippen molar-refractivity contribution in [2.24, 2.45) is 0 Å². The predicted octanol–water partition coefficient (Wildman–Crippen LogP) is 2.17. The molecule has 0 N–H and O–H groups in total. The summed E-state index contributed by atoms with van der Waals surface area (Å²) in [6, 6.07) is 4.03. The summed E-state index contributed by atoms with van der Waals surface area (Å²) >= 11 is 0. The Hall–Kier alpha value is -0.940. The highest BCUT2D eigenvalue weighted by molar-refractivity contribution is 7.89. The molecule has 2 rings (SSSR count). The first kappa shape index (κ1) is 12.5. The Balaban J connectivity index is 2.39. The topological polar surface area (TPSA) is 37.4 Å². The van der Waals surface area contributed by atoms with Crippen molar-refractivity contribution in [2.45, 2.75) is 31.1 Å². The van der Waals surface area contributed by atoms with Gasteiger partial charge in [0.15, 0.2) is 0 Å². The van der Waals surface area contributed by atoms with Crippen LogP contribution >= 0.6 is 0 Å². The third-order valence-electron chi connectivity index (χ3n) is 3.10. The van der Waals surface area contributed by atoms with E-state index < -0.39 is 10.0 Å². The fourth-order valence-corrected chi connectivity index (χ4v) is 3.63. The number of aryl methyl sites for hydroxylation is 1. The van der Waals surface area contributed by atoms with Gasteiger partial charge in [0.05, 0.1) is 4.90 Å². The van der Waals surface area contributed by atoms with Gasteiger partial charge in [0.2, 0.25) is 10.0 Å². The Bertz CT molecular complexity index is 507. The normalized spacial score (nSPS) is 17.5. The van der Waals surface area contributed by atoms with E-state index in [1.54, 1.807) is 0 Å². The quantitative estimate of drug-likeness (QED) is 0.832. The molecule has 0 atom stereocenters. The SMILES string of the molecule is CCc1cc(S(=O)(=O)N2CCCC2)ccc1F. The van der Waals surface area contributed by atoms with Crippen LogP contribution in [0.15, 0.2) is 23.1 Å². The van der Waals surface area contributed by atoms with Crippen LogP contribution in [0.3, 0.4) is 0 Å². The molecule has 0 spiro atoms. The molecule has 0 bridgehead atoms. The molecule has 0 aromatic heterocycles. The van der Waals surface area contributed by atoms with Crippen LogP contribution in [-0.2, 0) is 16.4 Å². The molecule has 1 aliphatic heterocycles. The summed E-state index contributed by atoms with van der Waals surface area (Å²) in [7, 11) is -3.42. The van der Waals surface area contributed by atoms with Crippen molar-refractivity contribution in [3.63, 3.8) is 0 Å². The third kappa shape index (κ3) is 2.35. The van der Waals surface area contributed by atoms with Gasteiger partial charge in [0.1, 0.15) is 5.82 Å². The summed E-state index contributed by atoms with van der Waals surface area (Å²) in [5.41, 5.74) is 0.449. The van der Waals surface area contributed by atoms with Gasteiger partial charge in [0.25, 0.3) is 0 Å². The van der Waals surface area contributed by atoms with E-state index in [0.717, 1.165) is 12.8 Å². The van der Waals surface area contributed by atoms with E-state index >= 15 is 0 Å². The Morgan fingerprint density at radius 1 is 1.29 bits per heavy atom. The second-order valence-corrected chi connectivity index (χ2v) is 6.16. The van der Waals surface area contributed by atoms with E-state index in [0.29, 0.717) is 25.1 Å². The number of hydrogen-bond donors (Lipinski definition) is 0. The number of halogens is 1. The van der Waals surface area contributed by atoms with Crippen LogP contribution in [0.2, 0.25) is 0 Å². The van der Waals surface area contributed by atoms with Crippen molar-refractivity contribution >= 4 is 10.0 Å². The monoisotopic (exact) mass is 257 g/mol. The molecule has 0 aliphatic carbocycles. The van der Waals surface area contributed by atoms with Gasteiger partial charge in [-0.2, -0.15) is 4.31 Å². The molecule has 1 aromatic carbocycles. The molecule has 3 nitrogen and oxygen atoms in total. The Labute approximate surface area is 101 Å². The van der Waals surface area contributed by atoms with Crippen molar-refractivity contribution < 1.29 is 12.8 Å². The van der Waals surface area contributed by atoms with Crippen LogP contribution in [0.25, 0.3) is 0 Å². The summed E-state index contributed by atoms with van der Waals surface area (Å²) in [6.45, 7) is 2.95. The first-order chi connectivity index (χ1) is 8.05. The highest BCUT2D eigenvalue weighted by Crippen LogP contribution is 2.22. The minimum atomic E-state index is -3.42. The molecular formula is C12H16FNO2S. The molecule has 0 amide bonds. The number of benzene rings is 1. The maximum absolute atomic E-state index is 13.3. The summed E-state index contributed by atoms with van der Waals surface area (Å²) < 4.78 is 39.2. The molecule has 1 fully saturated rings. The van der Waals surface area contributed by atoms with E-state index in [1.807, 2.05) is 6.92 Å². The number of nitrogens with zero attached hydrogens (tertiary/aromatic N) is 1. The molecular weight excluding hydrogens is 241 g/mol. The van der Waals surface area contributed by atoms with Gasteiger partial charge in [-0.3, -0.25) is 0 Å². The molecule has 1 aromatic rings. The van der Waals surface area contributed by atoms with Gasteiger partial charge in [0, 0.05) is 13.1 Å². The third-order valence-corrected chi connectivity index (χ3v) is 5.00. The highest BCUT2D eigenvalue weighted by atomic mass is 32.2. The zero-order chi connectivity index (χ0) is 12.5. The summed E-state index contributed by atoms with van der Waals surface area (Å²) in [6.07, 6.45) is 2.30. The van der Waals surface area contributed by atoms with E-state index in [-0.39, 0.29) is 10.7 Å². The molecule has 0 saturated carbocycles. The van der Waals surface area contributed by atoms with Crippen LogP contribution in [0, 0.1) is 5.82 Å². The lowest BCUT2D eigenvalue weighted by atomic mass is 10.2. The molecule has 1 heterocycles. The van der Waals surface area contributed by atoms with Crippen LogP contribution in [0.5, 0.6) is 0 Å². The summed E-state index contributed by atoms with van der Waals surface area (Å²) in [4.78, 5) is 0.206. The molecule has 1 aliphatic rings.